The van der Waals surface area contributed by atoms with E-state index in [-0.39, 0.29) is 6.03 Å². The van der Waals surface area contributed by atoms with Crippen LogP contribution in [0.1, 0.15) is 12.8 Å². The highest BCUT2D eigenvalue weighted by atomic mass is 33.1. The summed E-state index contributed by atoms with van der Waals surface area (Å²) in [6.07, 6.45) is 1.94. The Morgan fingerprint density at radius 2 is 1.50 bits per heavy atom. The highest BCUT2D eigenvalue weighted by molar-refractivity contribution is 8.69. The molecule has 0 radical (unpaired) electrons. The topological polar surface area (TPSA) is 23.6 Å². The molecular weight excluding hydrogens is 369 g/mol. The zero-order chi connectivity index (χ0) is 14.7. The van der Waals surface area contributed by atoms with Crippen LogP contribution >= 0.6 is 70.2 Å². The molecular formula is C11H20N2OS6. The number of hydrogen-bond acceptors (Lipinski definition) is 7. The Morgan fingerprint density at radius 3 is 1.80 bits per heavy atom. The second-order valence-electron chi connectivity index (χ2n) is 5.19. The second-order valence-corrected chi connectivity index (χ2v) is 8.94. The molecule has 9 heteroatoms. The standard InChI is InChI=1S/C11H20N2OS6/c14-11-12-3-7(1-9(5-15)19-17)13(11)8(4-12)2-10(6-16)20-18/h7-10,15-18H,1-6H2. The molecule has 0 spiro atoms. The average molecular weight is 389 g/mol. The van der Waals surface area contributed by atoms with Gasteiger partial charge < -0.3 is 9.80 Å². The van der Waals surface area contributed by atoms with Crippen molar-refractivity contribution < 1.29 is 4.79 Å². The summed E-state index contributed by atoms with van der Waals surface area (Å²) in [7, 11) is 3.08. The minimum absolute atomic E-state index is 0.198. The zero-order valence-electron chi connectivity index (χ0n) is 11.0. The molecule has 3 nitrogen and oxygen atoms in total. The fourth-order valence-electron chi connectivity index (χ4n) is 2.97. The monoisotopic (exact) mass is 388 g/mol. The summed E-state index contributed by atoms with van der Waals surface area (Å²) in [6.45, 7) is 1.71. The SMILES string of the molecule is O=C1N2CC(CC(CS)SS)N1C(CC(CS)SS)C2. The van der Waals surface area contributed by atoms with Gasteiger partial charge in [-0.15, -0.1) is 23.3 Å². The van der Waals surface area contributed by atoms with Crippen LogP contribution in [-0.4, -0.2) is 63.0 Å². The normalized spacial score (nSPS) is 28.3. The van der Waals surface area contributed by atoms with Gasteiger partial charge in [0.2, 0.25) is 0 Å². The molecule has 2 heterocycles. The molecule has 0 aromatic heterocycles. The van der Waals surface area contributed by atoms with E-state index in [1.807, 2.05) is 4.90 Å². The zero-order valence-corrected chi connectivity index (χ0v) is 16.2. The molecule has 4 atom stereocenters. The van der Waals surface area contributed by atoms with Gasteiger partial charge in [-0.2, -0.15) is 25.3 Å². The van der Waals surface area contributed by atoms with Crippen LogP contribution in [0.15, 0.2) is 0 Å². The van der Waals surface area contributed by atoms with E-state index in [0.717, 1.165) is 37.4 Å². The average Bonchev–Trinajstić information content (AvgIpc) is 2.93. The van der Waals surface area contributed by atoms with Crippen LogP contribution in [0.3, 0.4) is 0 Å². The van der Waals surface area contributed by atoms with Crippen molar-refractivity contribution in [3.05, 3.63) is 0 Å². The van der Waals surface area contributed by atoms with Crippen molar-refractivity contribution >= 4 is 76.2 Å². The van der Waals surface area contributed by atoms with Crippen molar-refractivity contribution in [3.8, 4) is 0 Å². The molecule has 2 fully saturated rings. The van der Waals surface area contributed by atoms with Crippen molar-refractivity contribution in [2.45, 2.75) is 35.4 Å². The third-order valence-corrected chi connectivity index (χ3v) is 8.39. The fraction of sp³-hybridized carbons (Fsp3) is 0.909. The van der Waals surface area contributed by atoms with Crippen LogP contribution in [0, 0.1) is 0 Å². The van der Waals surface area contributed by atoms with Crippen molar-refractivity contribution in [1.29, 1.82) is 0 Å². The summed E-state index contributed by atoms with van der Waals surface area (Å²) >= 11 is 17.3. The summed E-state index contributed by atoms with van der Waals surface area (Å²) in [4.78, 5) is 16.3. The Hall–Kier alpha value is 1.37. The largest absolute Gasteiger partial charge is 0.321 e. The molecule has 0 aromatic carbocycles. The Balaban J connectivity index is 1.98. The molecule has 2 saturated heterocycles. The number of piperazine rings is 1. The van der Waals surface area contributed by atoms with Gasteiger partial charge in [-0.3, -0.25) is 0 Å². The third kappa shape index (κ3) is 3.82. The number of amides is 2. The van der Waals surface area contributed by atoms with Gasteiger partial charge in [-0.05, 0) is 12.8 Å². The summed E-state index contributed by atoms with van der Waals surface area (Å²) in [5.74, 6) is 1.59. The summed E-state index contributed by atoms with van der Waals surface area (Å²) in [5, 5.41) is 0.779. The molecule has 0 aromatic rings. The van der Waals surface area contributed by atoms with Gasteiger partial charge in [0.15, 0.2) is 0 Å². The lowest BCUT2D eigenvalue weighted by Crippen LogP contribution is -2.46. The van der Waals surface area contributed by atoms with E-state index in [1.165, 1.54) is 0 Å². The van der Waals surface area contributed by atoms with E-state index in [2.05, 4.69) is 53.5 Å². The molecule has 2 aliphatic rings. The minimum Gasteiger partial charge on any atom is -0.321 e. The predicted octanol–water partition coefficient (Wildman–Crippen LogP) is 3.01. The number of carbonyl (C=O) groups excluding carboxylic acids is 1. The lowest BCUT2D eigenvalue weighted by atomic mass is 10.0. The maximum absolute atomic E-state index is 12.3. The van der Waals surface area contributed by atoms with E-state index >= 15 is 0 Å². The number of rotatable bonds is 8. The Kier molecular flexibility index (Phi) is 7.34. The molecule has 116 valence electrons. The van der Waals surface area contributed by atoms with Crippen molar-refractivity contribution in [2.24, 2.45) is 0 Å². The number of carbonyl (C=O) groups is 1. The molecule has 0 aliphatic carbocycles. The number of nitrogens with zero attached hydrogens (tertiary/aromatic N) is 2. The maximum Gasteiger partial charge on any atom is 0.320 e. The fourth-order valence-corrected chi connectivity index (χ4v) is 6.14. The summed E-state index contributed by atoms with van der Waals surface area (Å²) < 4.78 is 0. The first-order valence-electron chi connectivity index (χ1n) is 6.54. The maximum atomic E-state index is 12.3. The van der Waals surface area contributed by atoms with Crippen LogP contribution < -0.4 is 0 Å². The van der Waals surface area contributed by atoms with E-state index in [0.29, 0.717) is 22.6 Å². The molecule has 20 heavy (non-hydrogen) atoms. The van der Waals surface area contributed by atoms with Crippen molar-refractivity contribution in [1.82, 2.24) is 9.80 Å². The van der Waals surface area contributed by atoms with Crippen LogP contribution in [0.5, 0.6) is 0 Å². The first-order chi connectivity index (χ1) is 9.64. The van der Waals surface area contributed by atoms with Gasteiger partial charge in [-0.25, -0.2) is 4.79 Å². The number of urea groups is 1. The molecule has 2 amide bonds. The first kappa shape index (κ1) is 17.7. The highest BCUT2D eigenvalue weighted by Gasteiger charge is 2.49. The Bertz CT molecular complexity index is 315. The molecule has 4 unspecified atom stereocenters. The van der Waals surface area contributed by atoms with Gasteiger partial charge in [0.25, 0.3) is 0 Å². The van der Waals surface area contributed by atoms with Crippen LogP contribution in [0.4, 0.5) is 4.79 Å². The predicted molar refractivity (Wildman–Crippen MR) is 104 cm³/mol. The van der Waals surface area contributed by atoms with E-state index in [9.17, 15) is 4.79 Å². The van der Waals surface area contributed by atoms with Crippen molar-refractivity contribution in [2.75, 3.05) is 24.6 Å². The van der Waals surface area contributed by atoms with Gasteiger partial charge in [-0.1, -0.05) is 21.6 Å². The quantitative estimate of drug-likeness (QED) is 0.380. The van der Waals surface area contributed by atoms with Crippen LogP contribution in [0.25, 0.3) is 0 Å². The van der Waals surface area contributed by atoms with Gasteiger partial charge >= 0.3 is 6.03 Å². The summed E-state index contributed by atoms with van der Waals surface area (Å²) in [6, 6.07) is 0.816. The smallest absolute Gasteiger partial charge is 0.320 e. The van der Waals surface area contributed by atoms with E-state index in [1.54, 1.807) is 21.6 Å². The third-order valence-electron chi connectivity index (χ3n) is 3.92. The highest BCUT2D eigenvalue weighted by Crippen LogP contribution is 2.36. The number of fused-ring (bicyclic) bond motifs is 2. The molecule has 0 N–H and O–H groups in total. The molecule has 2 rings (SSSR count). The number of thiol groups is 4. The number of hydrogen-bond donors (Lipinski definition) is 4. The Morgan fingerprint density at radius 1 is 1.05 bits per heavy atom. The van der Waals surface area contributed by atoms with Crippen LogP contribution in [-0.2, 0) is 0 Å². The second kappa shape index (κ2) is 8.29. The molecule has 0 saturated carbocycles. The minimum atomic E-state index is 0.198. The Labute approximate surface area is 150 Å². The lowest BCUT2D eigenvalue weighted by Gasteiger charge is -2.34. The molecule has 2 bridgehead atoms. The lowest BCUT2D eigenvalue weighted by molar-refractivity contribution is 0.179. The van der Waals surface area contributed by atoms with Crippen LogP contribution in [0.2, 0.25) is 0 Å². The van der Waals surface area contributed by atoms with Gasteiger partial charge in [0.1, 0.15) is 0 Å². The van der Waals surface area contributed by atoms with Gasteiger partial charge in [0, 0.05) is 35.1 Å². The molecule has 2 aliphatic heterocycles. The van der Waals surface area contributed by atoms with Crippen molar-refractivity contribution in [3.63, 3.8) is 0 Å². The first-order valence-corrected chi connectivity index (χ1v) is 11.7. The summed E-state index contributed by atoms with van der Waals surface area (Å²) in [5.41, 5.74) is 0. The van der Waals surface area contributed by atoms with E-state index < -0.39 is 0 Å². The van der Waals surface area contributed by atoms with Gasteiger partial charge in [0.05, 0.1) is 12.1 Å². The van der Waals surface area contributed by atoms with E-state index in [4.69, 9.17) is 0 Å².